The van der Waals surface area contributed by atoms with Gasteiger partial charge in [-0.3, -0.25) is 10.1 Å². The van der Waals surface area contributed by atoms with E-state index in [0.717, 1.165) is 41.4 Å². The molecule has 1 heterocycles. The molecule has 1 aliphatic carbocycles. The van der Waals surface area contributed by atoms with Crippen LogP contribution in [-0.4, -0.2) is 12.1 Å². The average Bonchev–Trinajstić information content (AvgIpc) is 3.67. The Balaban J connectivity index is 1.36. The molecule has 1 unspecified atom stereocenters. The molecule has 3 aromatic carbocycles. The van der Waals surface area contributed by atoms with Crippen LogP contribution in [0.1, 0.15) is 31.4 Å². The zero-order valence-corrected chi connectivity index (χ0v) is 21.0. The standard InChI is InChI=1S/C29H22F3NO4S/c1-16(21-13-10-19(30)14-24(21)31)36-29(35)33-25-15-26(32)38-27(25)23-5-3-2-4-22(23)17-8-11-20(12-9-17)37-28(34)18-6-7-18/h2-5,8-16,18H,6-7H2,1H3,(H,33,35). The molecule has 1 amide bonds. The van der Waals surface area contributed by atoms with E-state index in [2.05, 4.69) is 5.32 Å². The Kier molecular flexibility index (Phi) is 7.20. The van der Waals surface area contributed by atoms with E-state index in [9.17, 15) is 22.8 Å². The van der Waals surface area contributed by atoms with Crippen LogP contribution in [0.4, 0.5) is 23.7 Å². The highest BCUT2D eigenvalue weighted by molar-refractivity contribution is 7.14. The van der Waals surface area contributed by atoms with Gasteiger partial charge in [0.1, 0.15) is 23.5 Å². The minimum Gasteiger partial charge on any atom is -0.441 e. The summed E-state index contributed by atoms with van der Waals surface area (Å²) in [6.07, 6.45) is -0.219. The second-order valence-electron chi connectivity index (χ2n) is 8.90. The predicted octanol–water partition coefficient (Wildman–Crippen LogP) is 8.12. The third-order valence-electron chi connectivity index (χ3n) is 6.09. The Morgan fingerprint density at radius 3 is 2.34 bits per heavy atom. The molecule has 1 aliphatic rings. The largest absolute Gasteiger partial charge is 0.441 e. The molecule has 9 heteroatoms. The van der Waals surface area contributed by atoms with Crippen LogP contribution in [0.15, 0.2) is 72.8 Å². The fourth-order valence-electron chi connectivity index (χ4n) is 4.00. The van der Waals surface area contributed by atoms with Crippen molar-refractivity contribution < 1.29 is 32.2 Å². The highest BCUT2D eigenvalue weighted by atomic mass is 32.1. The van der Waals surface area contributed by atoms with Gasteiger partial charge in [0.25, 0.3) is 0 Å². The molecule has 0 bridgehead atoms. The van der Waals surface area contributed by atoms with Crippen molar-refractivity contribution in [2.24, 2.45) is 5.92 Å². The molecular weight excluding hydrogens is 515 g/mol. The van der Waals surface area contributed by atoms with Gasteiger partial charge in [-0.2, -0.15) is 4.39 Å². The van der Waals surface area contributed by atoms with Gasteiger partial charge in [0.15, 0.2) is 5.13 Å². The fraction of sp³-hybridized carbons (Fsp3) is 0.172. The summed E-state index contributed by atoms with van der Waals surface area (Å²) in [6.45, 7) is 1.45. The summed E-state index contributed by atoms with van der Waals surface area (Å²) in [5, 5.41) is 2.02. The lowest BCUT2D eigenvalue weighted by Crippen LogP contribution is -2.16. The van der Waals surface area contributed by atoms with Crippen molar-refractivity contribution in [1.82, 2.24) is 0 Å². The van der Waals surface area contributed by atoms with Gasteiger partial charge in [0, 0.05) is 23.3 Å². The molecule has 194 valence electrons. The quantitative estimate of drug-likeness (QED) is 0.191. The number of thiophene rings is 1. The summed E-state index contributed by atoms with van der Waals surface area (Å²) in [5.41, 5.74) is 2.43. The van der Waals surface area contributed by atoms with E-state index in [0.29, 0.717) is 22.3 Å². The first-order valence-corrected chi connectivity index (χ1v) is 12.7. The van der Waals surface area contributed by atoms with Crippen LogP contribution in [0.3, 0.4) is 0 Å². The minimum absolute atomic E-state index is 0.00914. The number of nitrogens with one attached hydrogen (secondary N) is 1. The van der Waals surface area contributed by atoms with Crippen molar-refractivity contribution in [3.8, 4) is 27.3 Å². The first-order valence-electron chi connectivity index (χ1n) is 11.9. The lowest BCUT2D eigenvalue weighted by molar-refractivity contribution is -0.135. The van der Waals surface area contributed by atoms with E-state index < -0.39 is 29.0 Å². The van der Waals surface area contributed by atoms with Crippen LogP contribution in [-0.2, 0) is 9.53 Å². The van der Waals surface area contributed by atoms with Crippen molar-refractivity contribution in [3.05, 3.63) is 95.1 Å². The fourth-order valence-corrected chi connectivity index (χ4v) is 4.88. The zero-order chi connectivity index (χ0) is 26.8. The molecule has 0 aliphatic heterocycles. The van der Waals surface area contributed by atoms with Crippen LogP contribution < -0.4 is 10.1 Å². The van der Waals surface area contributed by atoms with E-state index in [1.54, 1.807) is 36.4 Å². The molecule has 5 rings (SSSR count). The maximum absolute atomic E-state index is 14.4. The SMILES string of the molecule is CC(OC(=O)Nc1cc(F)sc1-c1ccccc1-c1ccc(OC(=O)C2CC2)cc1)c1ccc(F)cc1F. The lowest BCUT2D eigenvalue weighted by atomic mass is 9.98. The van der Waals surface area contributed by atoms with Crippen molar-refractivity contribution >= 4 is 29.1 Å². The highest BCUT2D eigenvalue weighted by Gasteiger charge is 2.31. The Bertz CT molecular complexity index is 1500. The van der Waals surface area contributed by atoms with E-state index in [4.69, 9.17) is 9.47 Å². The molecule has 0 radical (unpaired) electrons. The molecule has 0 spiro atoms. The van der Waals surface area contributed by atoms with E-state index in [1.807, 2.05) is 12.1 Å². The third-order valence-corrected chi connectivity index (χ3v) is 7.05. The first kappa shape index (κ1) is 25.5. The van der Waals surface area contributed by atoms with E-state index in [-0.39, 0.29) is 23.1 Å². The van der Waals surface area contributed by atoms with Gasteiger partial charge < -0.3 is 9.47 Å². The Morgan fingerprint density at radius 1 is 0.947 bits per heavy atom. The molecule has 4 aromatic rings. The second-order valence-corrected chi connectivity index (χ2v) is 9.90. The van der Waals surface area contributed by atoms with Crippen LogP contribution in [0.5, 0.6) is 5.75 Å². The van der Waals surface area contributed by atoms with Crippen molar-refractivity contribution in [3.63, 3.8) is 0 Å². The number of carbonyl (C=O) groups excluding carboxylic acids is 2. The third kappa shape index (κ3) is 5.73. The zero-order valence-electron chi connectivity index (χ0n) is 20.2. The number of halogens is 3. The molecular formula is C29H22F3NO4S. The van der Waals surface area contributed by atoms with Gasteiger partial charge in [-0.15, -0.1) is 11.3 Å². The Labute approximate surface area is 220 Å². The highest BCUT2D eigenvalue weighted by Crippen LogP contribution is 2.42. The molecule has 1 fully saturated rings. The van der Waals surface area contributed by atoms with Gasteiger partial charge in [-0.25, -0.2) is 13.6 Å². The van der Waals surface area contributed by atoms with Gasteiger partial charge in [0.05, 0.1) is 16.5 Å². The van der Waals surface area contributed by atoms with Gasteiger partial charge in [-0.05, 0) is 55.2 Å². The van der Waals surface area contributed by atoms with Crippen molar-refractivity contribution in [2.45, 2.75) is 25.9 Å². The molecule has 5 nitrogen and oxygen atoms in total. The summed E-state index contributed by atoms with van der Waals surface area (Å²) >= 11 is 0.851. The summed E-state index contributed by atoms with van der Waals surface area (Å²) in [7, 11) is 0. The number of esters is 1. The number of rotatable bonds is 7. The maximum atomic E-state index is 14.4. The number of hydrogen-bond acceptors (Lipinski definition) is 5. The van der Waals surface area contributed by atoms with Crippen LogP contribution in [0.25, 0.3) is 21.6 Å². The second kappa shape index (κ2) is 10.7. The molecule has 1 aromatic heterocycles. The van der Waals surface area contributed by atoms with Crippen LogP contribution in [0, 0.1) is 22.7 Å². The molecule has 1 N–H and O–H groups in total. The van der Waals surface area contributed by atoms with Crippen LogP contribution >= 0.6 is 11.3 Å². The monoisotopic (exact) mass is 537 g/mol. The Hall–Kier alpha value is -4.11. The Morgan fingerprint density at radius 2 is 1.66 bits per heavy atom. The van der Waals surface area contributed by atoms with Crippen molar-refractivity contribution in [1.29, 1.82) is 0 Å². The van der Waals surface area contributed by atoms with Gasteiger partial charge >= 0.3 is 12.1 Å². The molecule has 1 saturated carbocycles. The van der Waals surface area contributed by atoms with Crippen LogP contribution in [0.2, 0.25) is 0 Å². The molecule has 0 saturated heterocycles. The molecule has 1 atom stereocenters. The van der Waals surface area contributed by atoms with Gasteiger partial charge in [-0.1, -0.05) is 36.4 Å². The number of hydrogen-bond donors (Lipinski definition) is 1. The van der Waals surface area contributed by atoms with E-state index in [1.165, 1.54) is 19.1 Å². The number of carbonyl (C=O) groups is 2. The van der Waals surface area contributed by atoms with Gasteiger partial charge in [0.2, 0.25) is 0 Å². The average molecular weight is 538 g/mol. The summed E-state index contributed by atoms with van der Waals surface area (Å²) in [4.78, 5) is 25.0. The van der Waals surface area contributed by atoms with Crippen molar-refractivity contribution in [2.75, 3.05) is 5.32 Å². The smallest absolute Gasteiger partial charge is 0.412 e. The summed E-state index contributed by atoms with van der Waals surface area (Å²) < 4.78 is 52.4. The lowest BCUT2D eigenvalue weighted by Gasteiger charge is -2.16. The number of ether oxygens (including phenoxy) is 2. The summed E-state index contributed by atoms with van der Waals surface area (Å²) in [6, 6.07) is 18.5. The predicted molar refractivity (Wildman–Crippen MR) is 138 cm³/mol. The maximum Gasteiger partial charge on any atom is 0.412 e. The number of anilines is 1. The minimum atomic E-state index is -1.01. The topological polar surface area (TPSA) is 64.6 Å². The summed E-state index contributed by atoms with van der Waals surface area (Å²) in [5.74, 6) is -1.38. The number of benzene rings is 3. The first-order chi connectivity index (χ1) is 18.3. The normalized spacial score (nSPS) is 13.6. The van der Waals surface area contributed by atoms with E-state index >= 15 is 0 Å². The number of amides is 1. The molecule has 38 heavy (non-hydrogen) atoms.